The third kappa shape index (κ3) is 3.63. The molecule has 1 heterocycles. The van der Waals surface area contributed by atoms with Gasteiger partial charge in [-0.25, -0.2) is 0 Å². The lowest BCUT2D eigenvalue weighted by molar-refractivity contribution is 0.590. The molecular formula is C26H24ClN. The molecule has 0 bridgehead atoms. The molecule has 0 atom stereocenters. The van der Waals surface area contributed by atoms with Crippen LogP contribution in [0.1, 0.15) is 26.3 Å². The predicted molar refractivity (Wildman–Crippen MR) is 120 cm³/mol. The first-order chi connectivity index (χ1) is 13.4. The van der Waals surface area contributed by atoms with Gasteiger partial charge in [0.25, 0.3) is 0 Å². The van der Waals surface area contributed by atoms with E-state index in [1.54, 1.807) is 0 Å². The summed E-state index contributed by atoms with van der Waals surface area (Å²) in [6.07, 6.45) is 2.14. The van der Waals surface area contributed by atoms with Crippen LogP contribution in [-0.2, 0) is 5.41 Å². The van der Waals surface area contributed by atoms with Gasteiger partial charge in [-0.15, -0.1) is 0 Å². The molecule has 4 rings (SSSR count). The first-order valence-electron chi connectivity index (χ1n) is 9.57. The summed E-state index contributed by atoms with van der Waals surface area (Å²) >= 11 is 6.27. The van der Waals surface area contributed by atoms with Gasteiger partial charge in [-0.05, 0) is 52.4 Å². The number of halogens is 1. The molecule has 0 fully saturated rings. The number of aromatic nitrogens is 1. The smallest absolute Gasteiger partial charge is 0.0606 e. The lowest BCUT2D eigenvalue weighted by atomic mass is 9.87. The van der Waals surface area contributed by atoms with Crippen molar-refractivity contribution < 1.29 is 0 Å². The Kier molecular flexibility index (Phi) is 4.87. The second-order valence-corrected chi connectivity index (χ2v) is 8.56. The first-order valence-corrected chi connectivity index (χ1v) is 9.95. The molecule has 1 nitrogen and oxygen atoms in total. The molecule has 1 aromatic heterocycles. The van der Waals surface area contributed by atoms with Crippen molar-refractivity contribution in [2.75, 3.05) is 0 Å². The van der Waals surface area contributed by atoms with Crippen LogP contribution in [0.15, 0.2) is 91.1 Å². The number of hydrogen-bond acceptors (Lipinski definition) is 0. The van der Waals surface area contributed by atoms with Gasteiger partial charge in [0.05, 0.1) is 5.69 Å². The van der Waals surface area contributed by atoms with Crippen molar-refractivity contribution in [1.82, 2.24) is 4.57 Å². The minimum Gasteiger partial charge on any atom is -0.316 e. The molecular weight excluding hydrogens is 362 g/mol. The number of benzene rings is 3. The zero-order valence-electron chi connectivity index (χ0n) is 16.5. The molecule has 3 aromatic carbocycles. The Balaban J connectivity index is 1.89. The Morgan fingerprint density at radius 1 is 0.714 bits per heavy atom. The van der Waals surface area contributed by atoms with Gasteiger partial charge in [0, 0.05) is 22.5 Å². The quantitative estimate of drug-likeness (QED) is 0.339. The van der Waals surface area contributed by atoms with Crippen LogP contribution >= 0.6 is 11.6 Å². The van der Waals surface area contributed by atoms with Crippen LogP contribution in [-0.4, -0.2) is 4.57 Å². The maximum Gasteiger partial charge on any atom is 0.0606 e. The zero-order chi connectivity index (χ0) is 19.7. The van der Waals surface area contributed by atoms with Crippen molar-refractivity contribution in [3.63, 3.8) is 0 Å². The molecule has 0 radical (unpaired) electrons. The van der Waals surface area contributed by atoms with E-state index in [-0.39, 0.29) is 5.41 Å². The van der Waals surface area contributed by atoms with Gasteiger partial charge in [-0.3, -0.25) is 0 Å². The summed E-state index contributed by atoms with van der Waals surface area (Å²) in [6.45, 7) is 6.72. The van der Waals surface area contributed by atoms with E-state index >= 15 is 0 Å². The van der Waals surface area contributed by atoms with Gasteiger partial charge in [-0.2, -0.15) is 0 Å². The van der Waals surface area contributed by atoms with E-state index < -0.39 is 0 Å². The van der Waals surface area contributed by atoms with Crippen LogP contribution in [0.4, 0.5) is 0 Å². The van der Waals surface area contributed by atoms with Gasteiger partial charge in [0.1, 0.15) is 0 Å². The van der Waals surface area contributed by atoms with Crippen molar-refractivity contribution in [2.24, 2.45) is 0 Å². The number of hydrogen-bond donors (Lipinski definition) is 0. The lowest BCUT2D eigenvalue weighted by Gasteiger charge is -2.20. The van der Waals surface area contributed by atoms with Crippen molar-refractivity contribution >= 4 is 11.6 Å². The molecule has 0 N–H and O–H groups in total. The second-order valence-electron chi connectivity index (χ2n) is 8.12. The average molecular weight is 386 g/mol. The average Bonchev–Trinajstić information content (AvgIpc) is 3.13. The van der Waals surface area contributed by atoms with Crippen LogP contribution in [0.5, 0.6) is 0 Å². The normalized spacial score (nSPS) is 11.6. The summed E-state index contributed by atoms with van der Waals surface area (Å²) in [5.41, 5.74) is 7.28. The molecule has 2 heteroatoms. The maximum atomic E-state index is 6.27. The highest BCUT2D eigenvalue weighted by molar-refractivity contribution is 6.30. The van der Waals surface area contributed by atoms with Gasteiger partial charge in [0.15, 0.2) is 0 Å². The van der Waals surface area contributed by atoms with Crippen LogP contribution in [0.25, 0.3) is 28.1 Å². The molecule has 0 aliphatic carbocycles. The minimum atomic E-state index is 0.142. The summed E-state index contributed by atoms with van der Waals surface area (Å²) in [5.74, 6) is 0. The van der Waals surface area contributed by atoms with Crippen molar-refractivity contribution in [2.45, 2.75) is 26.2 Å². The highest BCUT2D eigenvalue weighted by Gasteiger charge is 2.16. The maximum absolute atomic E-state index is 6.27. The Morgan fingerprint density at radius 3 is 2.04 bits per heavy atom. The lowest BCUT2D eigenvalue weighted by Crippen LogP contribution is -2.10. The molecule has 0 saturated carbocycles. The fraction of sp³-hybridized carbons (Fsp3) is 0.154. The Bertz CT molecular complexity index is 1080. The summed E-state index contributed by atoms with van der Waals surface area (Å²) in [7, 11) is 0. The monoisotopic (exact) mass is 385 g/mol. The van der Waals surface area contributed by atoms with Crippen LogP contribution in [0, 0.1) is 0 Å². The predicted octanol–water partition coefficient (Wildman–Crippen LogP) is 7.76. The first kappa shape index (κ1) is 18.6. The SMILES string of the molecule is CC(C)(C)c1ccc(-n2ccc(-c3cccc(Cl)c3)c2-c2ccccc2)cc1. The topological polar surface area (TPSA) is 4.93 Å². The molecule has 0 aliphatic rings. The van der Waals surface area contributed by atoms with E-state index in [0.29, 0.717) is 0 Å². The van der Waals surface area contributed by atoms with Gasteiger partial charge < -0.3 is 4.57 Å². The Hall–Kier alpha value is -2.77. The number of rotatable bonds is 3. The van der Waals surface area contributed by atoms with E-state index in [1.807, 2.05) is 24.3 Å². The molecule has 0 aliphatic heterocycles. The summed E-state index contributed by atoms with van der Waals surface area (Å²) in [5, 5.41) is 0.749. The van der Waals surface area contributed by atoms with E-state index in [2.05, 4.69) is 92.2 Å². The summed E-state index contributed by atoms with van der Waals surface area (Å²) in [4.78, 5) is 0. The van der Waals surface area contributed by atoms with Crippen molar-refractivity contribution in [1.29, 1.82) is 0 Å². The van der Waals surface area contributed by atoms with E-state index in [1.165, 1.54) is 22.4 Å². The van der Waals surface area contributed by atoms with E-state index in [9.17, 15) is 0 Å². The molecule has 0 unspecified atom stereocenters. The molecule has 0 saturated heterocycles. The van der Waals surface area contributed by atoms with Gasteiger partial charge >= 0.3 is 0 Å². The van der Waals surface area contributed by atoms with Gasteiger partial charge in [-0.1, -0.05) is 87.0 Å². The largest absolute Gasteiger partial charge is 0.316 e. The van der Waals surface area contributed by atoms with E-state index in [0.717, 1.165) is 16.3 Å². The molecule has 4 aromatic rings. The molecule has 0 amide bonds. The fourth-order valence-corrected chi connectivity index (χ4v) is 3.74. The fourth-order valence-electron chi connectivity index (χ4n) is 3.55. The Morgan fingerprint density at radius 2 is 1.39 bits per heavy atom. The molecule has 28 heavy (non-hydrogen) atoms. The summed E-state index contributed by atoms with van der Waals surface area (Å²) < 4.78 is 2.26. The zero-order valence-corrected chi connectivity index (χ0v) is 17.2. The minimum absolute atomic E-state index is 0.142. The molecule has 0 spiro atoms. The van der Waals surface area contributed by atoms with Crippen LogP contribution in [0.3, 0.4) is 0 Å². The van der Waals surface area contributed by atoms with Crippen molar-refractivity contribution in [3.05, 3.63) is 102 Å². The third-order valence-electron chi connectivity index (χ3n) is 5.08. The highest BCUT2D eigenvalue weighted by atomic mass is 35.5. The van der Waals surface area contributed by atoms with Crippen LogP contribution in [0.2, 0.25) is 5.02 Å². The Labute approximate surface area is 172 Å². The second kappa shape index (κ2) is 7.33. The van der Waals surface area contributed by atoms with Gasteiger partial charge in [0.2, 0.25) is 0 Å². The highest BCUT2D eigenvalue weighted by Crippen LogP contribution is 2.36. The summed E-state index contributed by atoms with van der Waals surface area (Å²) in [6, 6.07) is 29.6. The van der Waals surface area contributed by atoms with Crippen LogP contribution < -0.4 is 0 Å². The third-order valence-corrected chi connectivity index (χ3v) is 5.32. The standard InChI is InChI=1S/C26H24ClN/c1-26(2,3)21-12-14-23(15-13-21)28-17-16-24(20-10-7-11-22(27)18-20)25(28)19-8-5-4-6-9-19/h4-18H,1-3H3. The number of nitrogens with zero attached hydrogens (tertiary/aromatic N) is 1. The molecule has 140 valence electrons. The van der Waals surface area contributed by atoms with Crippen molar-refractivity contribution in [3.8, 4) is 28.1 Å². The van der Waals surface area contributed by atoms with E-state index in [4.69, 9.17) is 11.6 Å².